The average Bonchev–Trinajstić information content (AvgIpc) is 2.45. The number of nitro benzene ring substituents is 1. The van der Waals surface area contributed by atoms with Crippen LogP contribution >= 0.6 is 0 Å². The molecule has 0 heterocycles. The van der Waals surface area contributed by atoms with Crippen molar-refractivity contribution in [3.8, 4) is 6.07 Å². The molecule has 0 unspecified atom stereocenters. The van der Waals surface area contributed by atoms with Crippen molar-refractivity contribution < 1.29 is 13.3 Å². The average molecular weight is 297 g/mol. The van der Waals surface area contributed by atoms with Crippen LogP contribution in [-0.4, -0.2) is 18.9 Å². The molecule has 0 atom stereocenters. The Morgan fingerprint density at radius 2 is 2.00 bits per heavy atom. The summed E-state index contributed by atoms with van der Waals surface area (Å²) in [6.45, 7) is 3.39. The molecule has 1 aromatic rings. The van der Waals surface area contributed by atoms with Crippen molar-refractivity contribution in [3.63, 3.8) is 0 Å². The van der Waals surface area contributed by atoms with Gasteiger partial charge in [-0.05, 0) is 18.9 Å². The van der Waals surface area contributed by atoms with E-state index in [4.69, 9.17) is 5.26 Å². The van der Waals surface area contributed by atoms with Gasteiger partial charge in [-0.1, -0.05) is 19.9 Å². The van der Waals surface area contributed by atoms with Gasteiger partial charge in [0.2, 0.25) is 10.0 Å². The van der Waals surface area contributed by atoms with Crippen LogP contribution in [0.1, 0.15) is 26.7 Å². The molecule has 0 amide bonds. The highest BCUT2D eigenvalue weighted by Gasteiger charge is 2.32. The Balaban J connectivity index is 3.21. The molecule has 0 saturated carbocycles. The summed E-state index contributed by atoms with van der Waals surface area (Å²) in [4.78, 5) is 9.77. The first-order valence-electron chi connectivity index (χ1n) is 6.00. The second-order valence-corrected chi connectivity index (χ2v) is 5.94. The number of benzene rings is 1. The van der Waals surface area contributed by atoms with E-state index < -0.39 is 20.5 Å². The molecule has 108 valence electrons. The first-order chi connectivity index (χ1) is 9.30. The highest BCUT2D eigenvalue weighted by atomic mass is 32.2. The fourth-order valence-electron chi connectivity index (χ4n) is 1.66. The van der Waals surface area contributed by atoms with Gasteiger partial charge in [-0.3, -0.25) is 10.1 Å². The smallest absolute Gasteiger partial charge is 0.258 e. The lowest BCUT2D eigenvalue weighted by Gasteiger charge is -2.24. The first kappa shape index (κ1) is 16.1. The minimum atomic E-state index is -3.99. The van der Waals surface area contributed by atoms with E-state index in [2.05, 4.69) is 4.72 Å². The molecule has 0 saturated heterocycles. The zero-order valence-corrected chi connectivity index (χ0v) is 12.0. The Kier molecular flexibility index (Phi) is 4.81. The fraction of sp³-hybridized carbons (Fsp3) is 0.417. The fourth-order valence-corrected chi connectivity index (χ4v) is 3.16. The van der Waals surface area contributed by atoms with Gasteiger partial charge in [-0.2, -0.15) is 9.98 Å². The number of sulfonamides is 1. The van der Waals surface area contributed by atoms with Crippen LogP contribution in [0.15, 0.2) is 29.2 Å². The first-order valence-corrected chi connectivity index (χ1v) is 7.48. The maximum atomic E-state index is 12.2. The zero-order chi connectivity index (χ0) is 15.4. The van der Waals surface area contributed by atoms with Crippen LogP contribution in [0.5, 0.6) is 0 Å². The molecule has 0 aliphatic heterocycles. The number of rotatable bonds is 6. The zero-order valence-electron chi connectivity index (χ0n) is 11.2. The van der Waals surface area contributed by atoms with Crippen molar-refractivity contribution in [2.45, 2.75) is 37.1 Å². The van der Waals surface area contributed by atoms with E-state index in [9.17, 15) is 18.5 Å². The van der Waals surface area contributed by atoms with Gasteiger partial charge in [0.15, 0.2) is 0 Å². The summed E-state index contributed by atoms with van der Waals surface area (Å²) in [7, 11) is -3.99. The lowest BCUT2D eigenvalue weighted by atomic mass is 9.97. The van der Waals surface area contributed by atoms with Crippen LogP contribution in [0.4, 0.5) is 5.69 Å². The molecule has 0 aromatic heterocycles. The molecule has 7 nitrogen and oxygen atoms in total. The van der Waals surface area contributed by atoms with Crippen LogP contribution in [0.3, 0.4) is 0 Å². The normalized spacial score (nSPS) is 11.8. The minimum Gasteiger partial charge on any atom is -0.258 e. The van der Waals surface area contributed by atoms with Crippen molar-refractivity contribution in [1.82, 2.24) is 4.72 Å². The van der Waals surface area contributed by atoms with Crippen molar-refractivity contribution in [2.24, 2.45) is 0 Å². The van der Waals surface area contributed by atoms with E-state index in [1.807, 2.05) is 6.07 Å². The molecule has 0 fully saturated rings. The predicted octanol–water partition coefficient (Wildman–Crippen LogP) is 1.96. The second kappa shape index (κ2) is 5.98. The molecule has 0 radical (unpaired) electrons. The number of nitriles is 1. The van der Waals surface area contributed by atoms with Crippen LogP contribution in [-0.2, 0) is 10.0 Å². The number of nitrogens with one attached hydrogen (secondary N) is 1. The van der Waals surface area contributed by atoms with E-state index in [0.29, 0.717) is 12.8 Å². The number of nitro groups is 1. The molecule has 8 heteroatoms. The van der Waals surface area contributed by atoms with Gasteiger partial charge in [-0.25, -0.2) is 8.42 Å². The molecule has 1 rings (SSSR count). The van der Waals surface area contributed by atoms with Crippen LogP contribution in [0.2, 0.25) is 0 Å². The Labute approximate surface area is 117 Å². The summed E-state index contributed by atoms with van der Waals surface area (Å²) in [5.74, 6) is 0. The topological polar surface area (TPSA) is 113 Å². The molecular weight excluding hydrogens is 282 g/mol. The van der Waals surface area contributed by atoms with E-state index in [-0.39, 0.29) is 10.6 Å². The SMILES string of the molecule is CCC(C#N)(CC)NS(=O)(=O)c1cccc([N+](=O)[O-])c1. The summed E-state index contributed by atoms with van der Waals surface area (Å²) in [6.07, 6.45) is 0.600. The third kappa shape index (κ3) is 3.31. The monoisotopic (exact) mass is 297 g/mol. The van der Waals surface area contributed by atoms with Crippen molar-refractivity contribution in [1.29, 1.82) is 5.26 Å². The summed E-state index contributed by atoms with van der Waals surface area (Å²) < 4.78 is 26.8. The van der Waals surface area contributed by atoms with Gasteiger partial charge in [0.1, 0.15) is 5.54 Å². The number of non-ortho nitro benzene ring substituents is 1. The van der Waals surface area contributed by atoms with Gasteiger partial charge in [0.05, 0.1) is 15.9 Å². The Morgan fingerprint density at radius 3 is 2.45 bits per heavy atom. The molecule has 1 N–H and O–H groups in total. The lowest BCUT2D eigenvalue weighted by Crippen LogP contribution is -2.46. The standard InChI is InChI=1S/C12H15N3O4S/c1-3-12(4-2,9-13)14-20(18,19)11-7-5-6-10(8-11)15(16)17/h5-8,14H,3-4H2,1-2H3. The third-order valence-corrected chi connectivity index (χ3v) is 4.62. The van der Waals surface area contributed by atoms with Gasteiger partial charge < -0.3 is 0 Å². The molecule has 0 aliphatic rings. The molecule has 20 heavy (non-hydrogen) atoms. The van der Waals surface area contributed by atoms with Gasteiger partial charge in [-0.15, -0.1) is 0 Å². The van der Waals surface area contributed by atoms with E-state index in [1.165, 1.54) is 18.2 Å². The Bertz CT molecular complexity index is 645. The van der Waals surface area contributed by atoms with Gasteiger partial charge >= 0.3 is 0 Å². The van der Waals surface area contributed by atoms with Crippen LogP contribution < -0.4 is 4.72 Å². The quantitative estimate of drug-likeness (QED) is 0.637. The van der Waals surface area contributed by atoms with Crippen molar-refractivity contribution >= 4 is 15.7 Å². The number of hydrogen-bond donors (Lipinski definition) is 1. The van der Waals surface area contributed by atoms with Crippen LogP contribution in [0.25, 0.3) is 0 Å². The number of nitrogens with zero attached hydrogens (tertiary/aromatic N) is 2. The number of hydrogen-bond acceptors (Lipinski definition) is 5. The third-order valence-electron chi connectivity index (χ3n) is 3.09. The van der Waals surface area contributed by atoms with Gasteiger partial charge in [0.25, 0.3) is 5.69 Å². The van der Waals surface area contributed by atoms with E-state index >= 15 is 0 Å². The highest BCUT2D eigenvalue weighted by molar-refractivity contribution is 7.89. The van der Waals surface area contributed by atoms with E-state index in [1.54, 1.807) is 13.8 Å². The van der Waals surface area contributed by atoms with Crippen LogP contribution in [0, 0.1) is 21.4 Å². The minimum absolute atomic E-state index is 0.228. The summed E-state index contributed by atoms with van der Waals surface area (Å²) in [5.41, 5.74) is -1.52. The molecular formula is C12H15N3O4S. The Morgan fingerprint density at radius 1 is 1.40 bits per heavy atom. The van der Waals surface area contributed by atoms with Gasteiger partial charge in [0, 0.05) is 12.1 Å². The molecule has 1 aromatic carbocycles. The summed E-state index contributed by atoms with van der Waals surface area (Å²) >= 11 is 0. The largest absolute Gasteiger partial charge is 0.270 e. The van der Waals surface area contributed by atoms with E-state index in [0.717, 1.165) is 6.07 Å². The maximum Gasteiger partial charge on any atom is 0.270 e. The van der Waals surface area contributed by atoms with Crippen molar-refractivity contribution in [2.75, 3.05) is 0 Å². The molecule has 0 spiro atoms. The second-order valence-electron chi connectivity index (χ2n) is 4.26. The predicted molar refractivity (Wildman–Crippen MR) is 72.3 cm³/mol. The highest BCUT2D eigenvalue weighted by Crippen LogP contribution is 2.21. The molecule has 0 bridgehead atoms. The van der Waals surface area contributed by atoms with Crippen molar-refractivity contribution in [3.05, 3.63) is 34.4 Å². The lowest BCUT2D eigenvalue weighted by molar-refractivity contribution is -0.385. The summed E-state index contributed by atoms with van der Waals surface area (Å²) in [5, 5.41) is 19.8. The molecule has 0 aliphatic carbocycles. The Hall–Kier alpha value is -1.98. The summed E-state index contributed by atoms with van der Waals surface area (Å²) in [6, 6.07) is 6.67. The maximum absolute atomic E-state index is 12.2.